The number of nitrogens with zero attached hydrogens (tertiary/aromatic N) is 3. The molecule has 7 heteroatoms. The molecule has 1 aromatic heterocycles. The molecule has 0 aliphatic rings. The van der Waals surface area contributed by atoms with Gasteiger partial charge < -0.3 is 10.2 Å². The number of hydrogen-bond donors (Lipinski definition) is 3. The van der Waals surface area contributed by atoms with Crippen molar-refractivity contribution in [1.29, 1.82) is 0 Å². The van der Waals surface area contributed by atoms with Gasteiger partial charge >= 0.3 is 0 Å². The first-order chi connectivity index (χ1) is 7.86. The fourth-order valence-electron chi connectivity index (χ4n) is 1.02. The summed E-state index contributed by atoms with van der Waals surface area (Å²) in [6.45, 7) is 4.64. The fraction of sp³-hybridized carbons (Fsp3) is 0.600. The number of nitrogens with two attached hydrogens (primary N) is 1. The van der Waals surface area contributed by atoms with Crippen LogP contribution in [-0.2, 0) is 0 Å². The molecule has 0 amide bonds. The molecule has 6 nitrogen and oxygen atoms in total. The average molecular weight is 242 g/mol. The zero-order valence-corrected chi connectivity index (χ0v) is 10.6. The Hall–Kier alpha value is -1.47. The van der Waals surface area contributed by atoms with Crippen molar-refractivity contribution in [2.45, 2.75) is 19.4 Å². The number of halogens is 1. The zero-order valence-electron chi connectivity index (χ0n) is 10.6. The van der Waals surface area contributed by atoms with Crippen molar-refractivity contribution in [2.75, 3.05) is 31.4 Å². The number of nitrogens with one attached hydrogen (secondary N) is 2. The van der Waals surface area contributed by atoms with Gasteiger partial charge in [-0.25, -0.2) is 15.2 Å². The lowest BCUT2D eigenvalue weighted by molar-refractivity contribution is 0.209. The Labute approximate surface area is 100 Å². The van der Waals surface area contributed by atoms with Gasteiger partial charge in [0, 0.05) is 12.1 Å². The summed E-state index contributed by atoms with van der Waals surface area (Å²) >= 11 is 0. The molecular weight excluding hydrogens is 223 g/mol. The van der Waals surface area contributed by atoms with Crippen LogP contribution < -0.4 is 16.6 Å². The van der Waals surface area contributed by atoms with Gasteiger partial charge in [-0.2, -0.15) is 4.98 Å². The molecule has 1 heterocycles. The van der Waals surface area contributed by atoms with Crippen molar-refractivity contribution in [3.8, 4) is 0 Å². The average Bonchev–Trinajstić information content (AvgIpc) is 2.28. The molecule has 0 atom stereocenters. The minimum Gasteiger partial charge on any atom is -0.366 e. The van der Waals surface area contributed by atoms with Crippen molar-refractivity contribution < 1.29 is 4.39 Å². The summed E-state index contributed by atoms with van der Waals surface area (Å²) < 4.78 is 13.4. The van der Waals surface area contributed by atoms with Gasteiger partial charge in [-0.3, -0.25) is 5.43 Å². The molecule has 0 unspecified atom stereocenters. The second-order valence-corrected chi connectivity index (χ2v) is 4.59. The highest BCUT2D eigenvalue weighted by atomic mass is 19.1. The van der Waals surface area contributed by atoms with E-state index in [0.29, 0.717) is 6.54 Å². The highest BCUT2D eigenvalue weighted by Gasteiger charge is 2.21. The van der Waals surface area contributed by atoms with Gasteiger partial charge in [-0.15, -0.1) is 0 Å². The molecule has 0 aromatic carbocycles. The molecular formula is C10H19FN6. The van der Waals surface area contributed by atoms with Crippen molar-refractivity contribution >= 4 is 11.8 Å². The molecule has 0 aliphatic heterocycles. The lowest BCUT2D eigenvalue weighted by atomic mass is 10.0. The second kappa shape index (κ2) is 5.24. The minimum atomic E-state index is -0.501. The topological polar surface area (TPSA) is 79.1 Å². The minimum absolute atomic E-state index is 0.117. The van der Waals surface area contributed by atoms with Gasteiger partial charge in [0.2, 0.25) is 5.95 Å². The SMILES string of the molecule is CN(C)C(C)(C)CNc1nc(NN)ncc1F. The van der Waals surface area contributed by atoms with E-state index in [0.717, 1.165) is 6.20 Å². The van der Waals surface area contributed by atoms with E-state index < -0.39 is 5.82 Å². The zero-order chi connectivity index (χ0) is 13.1. The molecule has 4 N–H and O–H groups in total. The van der Waals surface area contributed by atoms with E-state index in [9.17, 15) is 4.39 Å². The van der Waals surface area contributed by atoms with Crippen LogP contribution in [0.3, 0.4) is 0 Å². The van der Waals surface area contributed by atoms with Crippen molar-refractivity contribution in [3.63, 3.8) is 0 Å². The predicted molar refractivity (Wildman–Crippen MR) is 66.1 cm³/mol. The summed E-state index contributed by atoms with van der Waals surface area (Å²) in [7, 11) is 3.93. The molecule has 0 saturated carbocycles. The van der Waals surface area contributed by atoms with Gasteiger partial charge in [-0.1, -0.05) is 0 Å². The van der Waals surface area contributed by atoms with E-state index in [1.165, 1.54) is 0 Å². The Morgan fingerprint density at radius 3 is 2.65 bits per heavy atom. The van der Waals surface area contributed by atoms with Gasteiger partial charge in [0.05, 0.1) is 6.20 Å². The van der Waals surface area contributed by atoms with Gasteiger partial charge in [0.1, 0.15) is 0 Å². The molecule has 0 spiro atoms. The Morgan fingerprint density at radius 2 is 2.12 bits per heavy atom. The standard InChI is InChI=1S/C10H19FN6/c1-10(2,17(3)4)6-14-8-7(11)5-13-9(15-8)16-12/h5H,6,12H2,1-4H3,(H2,13,14,15,16). The smallest absolute Gasteiger partial charge is 0.239 e. The molecule has 96 valence electrons. The first-order valence-corrected chi connectivity index (χ1v) is 5.27. The number of hydrazine groups is 1. The van der Waals surface area contributed by atoms with Crippen LogP contribution in [-0.4, -0.2) is 41.0 Å². The molecule has 0 radical (unpaired) electrons. The Balaban J connectivity index is 2.75. The summed E-state index contributed by atoms with van der Waals surface area (Å²) in [5.41, 5.74) is 2.16. The highest BCUT2D eigenvalue weighted by molar-refractivity contribution is 5.40. The maximum atomic E-state index is 13.4. The van der Waals surface area contributed by atoms with Crippen LogP contribution in [0.5, 0.6) is 0 Å². The molecule has 0 fully saturated rings. The lowest BCUT2D eigenvalue weighted by Crippen LogP contribution is -2.44. The Morgan fingerprint density at radius 1 is 1.47 bits per heavy atom. The van der Waals surface area contributed by atoms with Crippen molar-refractivity contribution in [3.05, 3.63) is 12.0 Å². The monoisotopic (exact) mass is 242 g/mol. The molecule has 1 aromatic rings. The third kappa shape index (κ3) is 3.50. The lowest BCUT2D eigenvalue weighted by Gasteiger charge is -2.32. The summed E-state index contributed by atoms with van der Waals surface area (Å²) in [4.78, 5) is 9.61. The maximum Gasteiger partial charge on any atom is 0.239 e. The number of aromatic nitrogens is 2. The van der Waals surface area contributed by atoms with Crippen LogP contribution in [0.25, 0.3) is 0 Å². The second-order valence-electron chi connectivity index (χ2n) is 4.59. The number of anilines is 2. The molecule has 0 saturated heterocycles. The summed E-state index contributed by atoms with van der Waals surface area (Å²) in [6.07, 6.45) is 1.08. The number of hydrogen-bond acceptors (Lipinski definition) is 6. The molecule has 0 aliphatic carbocycles. The summed E-state index contributed by atoms with van der Waals surface area (Å²) in [5.74, 6) is 4.98. The van der Waals surface area contributed by atoms with E-state index in [1.54, 1.807) is 0 Å². The van der Waals surface area contributed by atoms with E-state index >= 15 is 0 Å². The number of likely N-dealkylation sites (N-methyl/N-ethyl adjacent to an activating group) is 1. The first-order valence-electron chi connectivity index (χ1n) is 5.27. The third-order valence-corrected chi connectivity index (χ3v) is 2.77. The van der Waals surface area contributed by atoms with Crippen molar-refractivity contribution in [2.24, 2.45) is 5.84 Å². The Bertz CT molecular complexity index is 379. The fourth-order valence-corrected chi connectivity index (χ4v) is 1.02. The van der Waals surface area contributed by atoms with Crippen molar-refractivity contribution in [1.82, 2.24) is 14.9 Å². The molecule has 17 heavy (non-hydrogen) atoms. The van der Waals surface area contributed by atoms with Crippen LogP contribution in [0.4, 0.5) is 16.2 Å². The van der Waals surface area contributed by atoms with Crippen LogP contribution in [0.15, 0.2) is 6.20 Å². The van der Waals surface area contributed by atoms with E-state index in [4.69, 9.17) is 5.84 Å². The molecule has 0 bridgehead atoms. The highest BCUT2D eigenvalue weighted by Crippen LogP contribution is 2.15. The van der Waals surface area contributed by atoms with E-state index in [1.807, 2.05) is 32.8 Å². The van der Waals surface area contributed by atoms with Gasteiger partial charge in [-0.05, 0) is 27.9 Å². The largest absolute Gasteiger partial charge is 0.366 e. The normalized spacial score (nSPS) is 11.7. The molecule has 1 rings (SSSR count). The number of nitrogen functional groups attached to an aromatic ring is 1. The van der Waals surface area contributed by atoms with E-state index in [-0.39, 0.29) is 17.3 Å². The van der Waals surface area contributed by atoms with Gasteiger partial charge in [0.15, 0.2) is 11.6 Å². The van der Waals surface area contributed by atoms with Crippen LogP contribution in [0.2, 0.25) is 0 Å². The predicted octanol–water partition coefficient (Wildman–Crippen LogP) is 0.653. The Kier molecular flexibility index (Phi) is 4.19. The van der Waals surface area contributed by atoms with Crippen LogP contribution >= 0.6 is 0 Å². The number of rotatable bonds is 5. The van der Waals surface area contributed by atoms with Crippen LogP contribution in [0.1, 0.15) is 13.8 Å². The summed E-state index contributed by atoms with van der Waals surface area (Å²) in [6, 6.07) is 0. The summed E-state index contributed by atoms with van der Waals surface area (Å²) in [5, 5.41) is 2.95. The van der Waals surface area contributed by atoms with Crippen LogP contribution in [0, 0.1) is 5.82 Å². The maximum absolute atomic E-state index is 13.4. The first kappa shape index (κ1) is 13.6. The third-order valence-electron chi connectivity index (χ3n) is 2.77. The van der Waals surface area contributed by atoms with E-state index in [2.05, 4.69) is 20.7 Å². The van der Waals surface area contributed by atoms with Gasteiger partial charge in [0.25, 0.3) is 0 Å². The quantitative estimate of drug-likeness (QED) is 0.520.